The minimum absolute atomic E-state index is 0.0173. The largest absolute Gasteiger partial charge is 0.416 e. The number of carbonyl (C=O) groups is 1. The molecule has 0 unspecified atom stereocenters. The number of nitrogens with one attached hydrogen (secondary N) is 2. The molecular weight excluding hydrogens is 369 g/mol. The lowest BCUT2D eigenvalue weighted by Gasteiger charge is -2.10. The van der Waals surface area contributed by atoms with Gasteiger partial charge in [-0.2, -0.15) is 13.2 Å². The number of hydrogen-bond acceptors (Lipinski definition) is 3. The lowest BCUT2D eigenvalue weighted by atomic mass is 10.1. The van der Waals surface area contributed by atoms with Crippen molar-refractivity contribution in [1.29, 1.82) is 0 Å². The number of alkyl halides is 3. The Balaban J connectivity index is 1.90. The Morgan fingerprint density at radius 1 is 1.08 bits per heavy atom. The van der Waals surface area contributed by atoms with Gasteiger partial charge >= 0.3 is 12.2 Å². The lowest BCUT2D eigenvalue weighted by molar-refractivity contribution is -0.137. The molecule has 2 N–H and O–H groups in total. The number of benzene rings is 2. The highest BCUT2D eigenvalue weighted by Crippen LogP contribution is 2.29. The SMILES string of the molecule is Cc1ccc(S(=O)(=O)NC(=O)NCCc2cccc(C(F)(F)F)c2)cc1. The van der Waals surface area contributed by atoms with E-state index in [0.717, 1.165) is 17.7 Å². The van der Waals surface area contributed by atoms with Crippen LogP contribution >= 0.6 is 0 Å². The highest BCUT2D eigenvalue weighted by Gasteiger charge is 2.30. The van der Waals surface area contributed by atoms with E-state index in [0.29, 0.717) is 5.56 Å². The van der Waals surface area contributed by atoms with Gasteiger partial charge in [0.05, 0.1) is 10.5 Å². The summed E-state index contributed by atoms with van der Waals surface area (Å²) >= 11 is 0. The van der Waals surface area contributed by atoms with Crippen LogP contribution < -0.4 is 10.0 Å². The molecular formula is C17H17F3N2O3S. The molecule has 0 fully saturated rings. The van der Waals surface area contributed by atoms with Crippen molar-refractivity contribution in [2.75, 3.05) is 6.54 Å². The van der Waals surface area contributed by atoms with Crippen LogP contribution in [0, 0.1) is 6.92 Å². The van der Waals surface area contributed by atoms with Gasteiger partial charge in [0.25, 0.3) is 10.0 Å². The minimum Gasteiger partial charge on any atom is -0.337 e. The van der Waals surface area contributed by atoms with Gasteiger partial charge in [0.15, 0.2) is 0 Å². The number of hydrogen-bond donors (Lipinski definition) is 2. The molecule has 0 atom stereocenters. The molecule has 0 saturated carbocycles. The second kappa shape index (κ2) is 7.77. The summed E-state index contributed by atoms with van der Waals surface area (Å²) in [6.07, 6.45) is -4.31. The Bertz CT molecular complexity index is 879. The van der Waals surface area contributed by atoms with E-state index in [1.165, 1.54) is 24.3 Å². The van der Waals surface area contributed by atoms with Crippen molar-refractivity contribution in [3.8, 4) is 0 Å². The fourth-order valence-electron chi connectivity index (χ4n) is 2.16. The van der Waals surface area contributed by atoms with Crippen LogP contribution in [0.4, 0.5) is 18.0 Å². The molecule has 0 saturated heterocycles. The number of sulfonamides is 1. The first kappa shape index (κ1) is 19.8. The van der Waals surface area contributed by atoms with E-state index < -0.39 is 27.8 Å². The van der Waals surface area contributed by atoms with Gasteiger partial charge in [0, 0.05) is 6.54 Å². The zero-order valence-corrected chi connectivity index (χ0v) is 14.6. The molecule has 2 rings (SSSR count). The first-order valence-corrected chi connectivity index (χ1v) is 9.10. The summed E-state index contributed by atoms with van der Waals surface area (Å²) in [6, 6.07) is 9.71. The van der Waals surface area contributed by atoms with Gasteiger partial charge in [0.1, 0.15) is 0 Å². The monoisotopic (exact) mass is 386 g/mol. The van der Waals surface area contributed by atoms with Crippen LogP contribution in [0.1, 0.15) is 16.7 Å². The molecule has 0 radical (unpaired) electrons. The molecule has 0 aliphatic rings. The number of halogens is 3. The predicted molar refractivity (Wildman–Crippen MR) is 90.0 cm³/mol. The van der Waals surface area contributed by atoms with Crippen molar-refractivity contribution in [3.05, 3.63) is 65.2 Å². The standard InChI is InChI=1S/C17H17F3N2O3S/c1-12-5-7-15(8-6-12)26(24,25)22-16(23)21-10-9-13-3-2-4-14(11-13)17(18,19)20/h2-8,11H,9-10H2,1H3,(H2,21,22,23). The quantitative estimate of drug-likeness (QED) is 0.828. The topological polar surface area (TPSA) is 75.3 Å². The van der Waals surface area contributed by atoms with E-state index in [4.69, 9.17) is 0 Å². The highest BCUT2D eigenvalue weighted by atomic mass is 32.2. The minimum atomic E-state index is -4.44. The van der Waals surface area contributed by atoms with Gasteiger partial charge in [0.2, 0.25) is 0 Å². The van der Waals surface area contributed by atoms with Crippen molar-refractivity contribution in [2.45, 2.75) is 24.4 Å². The van der Waals surface area contributed by atoms with E-state index in [1.54, 1.807) is 19.1 Å². The second-order valence-corrected chi connectivity index (χ2v) is 7.30. The molecule has 0 aliphatic carbocycles. The van der Waals surface area contributed by atoms with Crippen LogP contribution in [0.2, 0.25) is 0 Å². The van der Waals surface area contributed by atoms with Crippen LogP contribution in [-0.4, -0.2) is 21.0 Å². The van der Waals surface area contributed by atoms with E-state index in [2.05, 4.69) is 5.32 Å². The molecule has 0 bridgehead atoms. The first-order valence-electron chi connectivity index (χ1n) is 7.61. The van der Waals surface area contributed by atoms with Crippen LogP contribution in [0.3, 0.4) is 0 Å². The zero-order valence-electron chi connectivity index (χ0n) is 13.8. The summed E-state index contributed by atoms with van der Waals surface area (Å²) in [4.78, 5) is 11.7. The Labute approximate surface area is 149 Å². The van der Waals surface area contributed by atoms with Crippen molar-refractivity contribution in [3.63, 3.8) is 0 Å². The maximum absolute atomic E-state index is 12.6. The van der Waals surface area contributed by atoms with Gasteiger partial charge in [-0.3, -0.25) is 0 Å². The van der Waals surface area contributed by atoms with E-state index >= 15 is 0 Å². The normalized spacial score (nSPS) is 11.8. The number of amides is 2. The molecule has 0 aliphatic heterocycles. The Hall–Kier alpha value is -2.55. The zero-order chi connectivity index (χ0) is 19.4. The summed E-state index contributed by atoms with van der Waals surface area (Å²) in [5.74, 6) is 0. The van der Waals surface area contributed by atoms with Crippen molar-refractivity contribution in [2.24, 2.45) is 0 Å². The van der Waals surface area contributed by atoms with E-state index in [1.807, 2.05) is 4.72 Å². The molecule has 0 aromatic heterocycles. The van der Waals surface area contributed by atoms with Crippen molar-refractivity contribution >= 4 is 16.1 Å². The smallest absolute Gasteiger partial charge is 0.337 e. The maximum atomic E-state index is 12.6. The van der Waals surface area contributed by atoms with Gasteiger partial charge in [-0.15, -0.1) is 0 Å². The van der Waals surface area contributed by atoms with E-state index in [9.17, 15) is 26.4 Å². The Morgan fingerprint density at radius 2 is 1.73 bits per heavy atom. The summed E-state index contributed by atoms with van der Waals surface area (Å²) < 4.78 is 63.9. The molecule has 5 nitrogen and oxygen atoms in total. The molecule has 0 spiro atoms. The van der Waals surface area contributed by atoms with Crippen LogP contribution in [-0.2, 0) is 22.6 Å². The summed E-state index contributed by atoms with van der Waals surface area (Å²) in [5.41, 5.74) is 0.470. The molecule has 2 aromatic carbocycles. The summed E-state index contributed by atoms with van der Waals surface area (Å²) in [5, 5.41) is 2.32. The number of rotatable bonds is 5. The number of carbonyl (C=O) groups excluding carboxylic acids is 1. The highest BCUT2D eigenvalue weighted by molar-refractivity contribution is 7.90. The van der Waals surface area contributed by atoms with Gasteiger partial charge in [-0.1, -0.05) is 35.9 Å². The second-order valence-electron chi connectivity index (χ2n) is 5.62. The van der Waals surface area contributed by atoms with Crippen molar-refractivity contribution < 1.29 is 26.4 Å². The van der Waals surface area contributed by atoms with Crippen LogP contribution in [0.25, 0.3) is 0 Å². The molecule has 9 heteroatoms. The lowest BCUT2D eigenvalue weighted by Crippen LogP contribution is -2.40. The molecule has 2 aromatic rings. The van der Waals surface area contributed by atoms with Gasteiger partial charge in [-0.25, -0.2) is 17.9 Å². The fraction of sp³-hybridized carbons (Fsp3) is 0.235. The van der Waals surface area contributed by atoms with Crippen LogP contribution in [0.5, 0.6) is 0 Å². The number of aryl methyl sites for hydroxylation is 1. The van der Waals surface area contributed by atoms with Crippen LogP contribution in [0.15, 0.2) is 53.4 Å². The average molecular weight is 386 g/mol. The van der Waals surface area contributed by atoms with E-state index in [-0.39, 0.29) is 17.9 Å². The third kappa shape index (κ3) is 5.48. The molecule has 140 valence electrons. The molecule has 0 heterocycles. The molecule has 26 heavy (non-hydrogen) atoms. The van der Waals surface area contributed by atoms with Gasteiger partial charge in [-0.05, 0) is 37.1 Å². The number of urea groups is 1. The summed E-state index contributed by atoms with van der Waals surface area (Å²) in [6.45, 7) is 1.78. The summed E-state index contributed by atoms with van der Waals surface area (Å²) in [7, 11) is -4.01. The third-order valence-corrected chi connectivity index (χ3v) is 4.86. The van der Waals surface area contributed by atoms with Crippen molar-refractivity contribution in [1.82, 2.24) is 10.0 Å². The Kier molecular flexibility index (Phi) is 5.91. The maximum Gasteiger partial charge on any atom is 0.416 e. The van der Waals surface area contributed by atoms with Gasteiger partial charge < -0.3 is 5.32 Å². The third-order valence-electron chi connectivity index (χ3n) is 3.51. The first-order chi connectivity index (χ1) is 12.1. The average Bonchev–Trinajstić information content (AvgIpc) is 2.54. The Morgan fingerprint density at radius 3 is 2.35 bits per heavy atom. The fourth-order valence-corrected chi connectivity index (χ4v) is 3.09. The molecule has 2 amide bonds. The predicted octanol–water partition coefficient (Wildman–Crippen LogP) is 3.24.